The van der Waals surface area contributed by atoms with E-state index in [1.165, 1.54) is 32.4 Å². The van der Waals surface area contributed by atoms with Gasteiger partial charge in [0.15, 0.2) is 0 Å². The Bertz CT molecular complexity index is 801. The average Bonchev–Trinajstić information content (AvgIpc) is 2.71. The molecule has 2 atom stereocenters. The van der Waals surface area contributed by atoms with Crippen molar-refractivity contribution in [1.29, 1.82) is 0 Å². The van der Waals surface area contributed by atoms with Crippen LogP contribution in [0, 0.1) is 5.92 Å². The number of hydrogen-bond acceptors (Lipinski definition) is 6. The smallest absolute Gasteiger partial charge is 0.337 e. The Kier molecular flexibility index (Phi) is 6.67. The minimum absolute atomic E-state index is 0.121. The maximum absolute atomic E-state index is 12.6. The van der Waals surface area contributed by atoms with Gasteiger partial charge in [0.25, 0.3) is 0 Å². The number of anilines is 1. The molecule has 142 valence electrons. The number of rotatable bonds is 6. The molecule has 0 radical (unpaired) electrons. The van der Waals surface area contributed by atoms with Gasteiger partial charge < -0.3 is 20.5 Å². The van der Waals surface area contributed by atoms with Crippen LogP contribution >= 0.6 is 0 Å². The lowest BCUT2D eigenvalue weighted by atomic mass is 9.94. The van der Waals surface area contributed by atoms with Crippen LogP contribution in [0.3, 0.4) is 0 Å². The zero-order valence-corrected chi connectivity index (χ0v) is 15.4. The summed E-state index contributed by atoms with van der Waals surface area (Å²) in [5, 5.41) is 2.70. The van der Waals surface area contributed by atoms with Gasteiger partial charge in [-0.15, -0.1) is 0 Å². The second-order valence-electron chi connectivity index (χ2n) is 6.00. The SMILES string of the molecule is COC(=O)c1cc(NC(=O)C(C)C(N)c2ccccc2)cc(C(=O)OC)c1. The minimum atomic E-state index is -0.634. The topological polar surface area (TPSA) is 108 Å². The third kappa shape index (κ3) is 4.92. The number of hydrogen-bond donors (Lipinski definition) is 2. The number of carbonyl (C=O) groups excluding carboxylic acids is 3. The Labute approximate surface area is 157 Å². The summed E-state index contributed by atoms with van der Waals surface area (Å²) >= 11 is 0. The average molecular weight is 370 g/mol. The summed E-state index contributed by atoms with van der Waals surface area (Å²) in [6, 6.07) is 13.0. The monoisotopic (exact) mass is 370 g/mol. The molecule has 0 heterocycles. The van der Waals surface area contributed by atoms with Crippen LogP contribution in [0.4, 0.5) is 5.69 Å². The summed E-state index contributed by atoms with van der Waals surface area (Å²) in [5.74, 6) is -2.16. The van der Waals surface area contributed by atoms with Crippen LogP contribution in [-0.4, -0.2) is 32.1 Å². The molecule has 0 saturated heterocycles. The van der Waals surface area contributed by atoms with Gasteiger partial charge in [-0.1, -0.05) is 37.3 Å². The van der Waals surface area contributed by atoms with Crippen molar-refractivity contribution in [2.24, 2.45) is 11.7 Å². The van der Waals surface area contributed by atoms with Crippen LogP contribution in [0.5, 0.6) is 0 Å². The molecule has 2 unspecified atom stereocenters. The van der Waals surface area contributed by atoms with Crippen LogP contribution in [0.1, 0.15) is 39.2 Å². The molecular weight excluding hydrogens is 348 g/mol. The second kappa shape index (κ2) is 8.95. The van der Waals surface area contributed by atoms with Gasteiger partial charge in [0.2, 0.25) is 5.91 Å². The van der Waals surface area contributed by atoms with E-state index in [4.69, 9.17) is 5.73 Å². The number of esters is 2. The normalized spacial score (nSPS) is 12.6. The molecule has 0 aliphatic heterocycles. The summed E-state index contributed by atoms with van der Waals surface area (Å²) in [5.41, 5.74) is 7.53. The van der Waals surface area contributed by atoms with E-state index >= 15 is 0 Å². The predicted octanol–water partition coefficient (Wildman–Crippen LogP) is 2.53. The first-order chi connectivity index (χ1) is 12.9. The van der Waals surface area contributed by atoms with E-state index in [1.807, 2.05) is 30.3 Å². The number of nitrogens with two attached hydrogens (primary N) is 1. The van der Waals surface area contributed by atoms with Crippen LogP contribution in [0.25, 0.3) is 0 Å². The molecule has 2 rings (SSSR count). The van der Waals surface area contributed by atoms with Gasteiger partial charge >= 0.3 is 11.9 Å². The lowest BCUT2D eigenvalue weighted by Gasteiger charge is -2.20. The maximum atomic E-state index is 12.6. The number of methoxy groups -OCH3 is 2. The highest BCUT2D eigenvalue weighted by atomic mass is 16.5. The summed E-state index contributed by atoms with van der Waals surface area (Å²) < 4.78 is 9.37. The first-order valence-electron chi connectivity index (χ1n) is 8.30. The first kappa shape index (κ1) is 20.1. The lowest BCUT2D eigenvalue weighted by Crippen LogP contribution is -2.30. The Morgan fingerprint density at radius 3 is 1.93 bits per heavy atom. The third-order valence-corrected chi connectivity index (χ3v) is 4.18. The second-order valence-corrected chi connectivity index (χ2v) is 6.00. The zero-order chi connectivity index (χ0) is 20.0. The fraction of sp³-hybridized carbons (Fsp3) is 0.250. The molecular formula is C20H22N2O5. The molecule has 0 fully saturated rings. The van der Waals surface area contributed by atoms with E-state index in [-0.39, 0.29) is 22.7 Å². The fourth-order valence-electron chi connectivity index (χ4n) is 2.55. The van der Waals surface area contributed by atoms with Crippen molar-refractivity contribution in [2.75, 3.05) is 19.5 Å². The first-order valence-corrected chi connectivity index (χ1v) is 8.30. The highest BCUT2D eigenvalue weighted by Crippen LogP contribution is 2.22. The molecule has 7 heteroatoms. The highest BCUT2D eigenvalue weighted by Gasteiger charge is 2.23. The molecule has 27 heavy (non-hydrogen) atoms. The predicted molar refractivity (Wildman–Crippen MR) is 100 cm³/mol. The summed E-state index contributed by atoms with van der Waals surface area (Å²) in [4.78, 5) is 36.3. The Hall–Kier alpha value is -3.19. The number of amides is 1. The van der Waals surface area contributed by atoms with E-state index in [0.717, 1.165) is 5.56 Å². The van der Waals surface area contributed by atoms with Crippen molar-refractivity contribution in [1.82, 2.24) is 0 Å². The lowest BCUT2D eigenvalue weighted by molar-refractivity contribution is -0.120. The highest BCUT2D eigenvalue weighted by molar-refractivity contribution is 6.00. The number of benzene rings is 2. The van der Waals surface area contributed by atoms with Gasteiger partial charge in [-0.25, -0.2) is 9.59 Å². The quantitative estimate of drug-likeness (QED) is 0.757. The zero-order valence-electron chi connectivity index (χ0n) is 15.4. The van der Waals surface area contributed by atoms with Crippen LogP contribution < -0.4 is 11.1 Å². The number of ether oxygens (including phenoxy) is 2. The molecule has 0 aliphatic rings. The molecule has 0 spiro atoms. The standard InChI is InChI=1S/C20H22N2O5/c1-12(17(21)13-7-5-4-6-8-13)18(23)22-16-10-14(19(24)26-2)9-15(11-16)20(25)27-3/h4-12,17H,21H2,1-3H3,(H,22,23). The van der Waals surface area contributed by atoms with Gasteiger partial charge in [0, 0.05) is 11.7 Å². The molecule has 1 amide bonds. The Morgan fingerprint density at radius 2 is 1.44 bits per heavy atom. The molecule has 2 aromatic carbocycles. The van der Waals surface area contributed by atoms with Gasteiger partial charge in [0.05, 0.1) is 31.3 Å². The van der Waals surface area contributed by atoms with E-state index in [1.54, 1.807) is 6.92 Å². The molecule has 0 aromatic heterocycles. The van der Waals surface area contributed by atoms with Gasteiger partial charge in [-0.2, -0.15) is 0 Å². The summed E-state index contributed by atoms with van der Waals surface area (Å²) in [6.07, 6.45) is 0. The summed E-state index contributed by atoms with van der Waals surface area (Å²) in [6.45, 7) is 1.71. The van der Waals surface area contributed by atoms with Crippen LogP contribution in [0.15, 0.2) is 48.5 Å². The molecule has 3 N–H and O–H groups in total. The van der Waals surface area contributed by atoms with Crippen LogP contribution in [-0.2, 0) is 14.3 Å². The molecule has 0 aliphatic carbocycles. The third-order valence-electron chi connectivity index (χ3n) is 4.18. The largest absolute Gasteiger partial charge is 0.465 e. The van der Waals surface area contributed by atoms with Crippen molar-refractivity contribution in [3.8, 4) is 0 Å². The Morgan fingerprint density at radius 1 is 0.926 bits per heavy atom. The maximum Gasteiger partial charge on any atom is 0.337 e. The van der Waals surface area contributed by atoms with Gasteiger partial charge in [-0.3, -0.25) is 4.79 Å². The molecule has 2 aromatic rings. The molecule has 7 nitrogen and oxygen atoms in total. The van der Waals surface area contributed by atoms with Gasteiger partial charge in [-0.05, 0) is 23.8 Å². The Balaban J connectivity index is 2.25. The summed E-state index contributed by atoms with van der Waals surface area (Å²) in [7, 11) is 2.46. The van der Waals surface area contributed by atoms with Crippen molar-refractivity contribution in [2.45, 2.75) is 13.0 Å². The minimum Gasteiger partial charge on any atom is -0.465 e. The van der Waals surface area contributed by atoms with Crippen molar-refractivity contribution < 1.29 is 23.9 Å². The van der Waals surface area contributed by atoms with E-state index < -0.39 is 23.9 Å². The van der Waals surface area contributed by atoms with Crippen LogP contribution in [0.2, 0.25) is 0 Å². The van der Waals surface area contributed by atoms with E-state index in [0.29, 0.717) is 0 Å². The van der Waals surface area contributed by atoms with Crippen molar-refractivity contribution >= 4 is 23.5 Å². The van der Waals surface area contributed by atoms with Crippen molar-refractivity contribution in [3.63, 3.8) is 0 Å². The van der Waals surface area contributed by atoms with Gasteiger partial charge in [0.1, 0.15) is 0 Å². The number of carbonyl (C=O) groups is 3. The van der Waals surface area contributed by atoms with Crippen molar-refractivity contribution in [3.05, 3.63) is 65.2 Å². The van der Waals surface area contributed by atoms with E-state index in [2.05, 4.69) is 14.8 Å². The molecule has 0 bridgehead atoms. The number of nitrogens with one attached hydrogen (secondary N) is 1. The van der Waals surface area contributed by atoms with E-state index in [9.17, 15) is 14.4 Å². The molecule has 0 saturated carbocycles. The fourth-order valence-corrected chi connectivity index (χ4v) is 2.55.